The van der Waals surface area contributed by atoms with Crippen molar-refractivity contribution >= 4 is 0 Å². The molecule has 0 aromatic carbocycles. The van der Waals surface area contributed by atoms with Crippen molar-refractivity contribution in [3.63, 3.8) is 0 Å². The van der Waals surface area contributed by atoms with E-state index >= 15 is 0 Å². The topological polar surface area (TPSA) is 36.9 Å². The first-order chi connectivity index (χ1) is 7.33. The van der Waals surface area contributed by atoms with E-state index in [1.165, 1.54) is 0 Å². The molecule has 0 radical (unpaired) electrons. The van der Waals surface area contributed by atoms with Crippen molar-refractivity contribution in [1.29, 1.82) is 0 Å². The molecule has 0 fully saturated rings. The molecule has 0 heterocycles. The van der Waals surface area contributed by atoms with Crippen LogP contribution in [0.25, 0.3) is 0 Å². The lowest BCUT2D eigenvalue weighted by molar-refractivity contribution is 0.138. The molecule has 0 amide bonds. The molecule has 0 bridgehead atoms. The van der Waals surface area contributed by atoms with Crippen LogP contribution < -0.4 is 0 Å². The molecule has 0 rings (SSSR count). The molecule has 0 saturated heterocycles. The van der Waals surface area contributed by atoms with Crippen molar-refractivity contribution < 1.29 is 18.9 Å². The Morgan fingerprint density at radius 2 is 0.733 bits per heavy atom. The first-order valence-electron chi connectivity index (χ1n) is 5.29. The highest BCUT2D eigenvalue weighted by molar-refractivity contribution is 4.34. The fourth-order valence-electron chi connectivity index (χ4n) is 0.840. The van der Waals surface area contributed by atoms with Gasteiger partial charge in [-0.1, -0.05) is 0 Å². The monoisotopic (exact) mass is 222 g/mol. The van der Waals surface area contributed by atoms with Gasteiger partial charge in [0.25, 0.3) is 0 Å². The van der Waals surface area contributed by atoms with Crippen molar-refractivity contribution in [2.75, 3.05) is 54.9 Å². The Kier molecular flexibility index (Phi) is 22.3. The van der Waals surface area contributed by atoms with Gasteiger partial charge in [-0.2, -0.15) is 0 Å². The molecular weight excluding hydrogens is 196 g/mol. The summed E-state index contributed by atoms with van der Waals surface area (Å²) in [6, 6.07) is 0. The maximum absolute atomic E-state index is 4.83. The second-order valence-corrected chi connectivity index (χ2v) is 3.03. The number of rotatable bonds is 9. The highest BCUT2D eigenvalue weighted by Crippen LogP contribution is 1.87. The average molecular weight is 222 g/mol. The Labute approximate surface area is 93.8 Å². The first-order valence-corrected chi connectivity index (χ1v) is 5.29. The molecule has 0 atom stereocenters. The zero-order valence-electron chi connectivity index (χ0n) is 10.6. The molecule has 0 aliphatic rings. The van der Waals surface area contributed by atoms with Gasteiger partial charge in [0, 0.05) is 54.9 Å². The van der Waals surface area contributed by atoms with Gasteiger partial charge in [-0.25, -0.2) is 0 Å². The van der Waals surface area contributed by atoms with Crippen molar-refractivity contribution in [2.45, 2.75) is 19.3 Å². The van der Waals surface area contributed by atoms with Gasteiger partial charge in [0.15, 0.2) is 0 Å². The summed E-state index contributed by atoms with van der Waals surface area (Å²) in [5, 5.41) is 0. The highest BCUT2D eigenvalue weighted by atomic mass is 16.5. The maximum atomic E-state index is 4.83. The van der Waals surface area contributed by atoms with Gasteiger partial charge in [0.05, 0.1) is 0 Å². The first kappa shape index (κ1) is 17.2. The number of ether oxygens (including phenoxy) is 4. The molecule has 0 spiro atoms. The minimum Gasteiger partial charge on any atom is -0.385 e. The maximum Gasteiger partial charge on any atom is 0.0484 e. The van der Waals surface area contributed by atoms with Gasteiger partial charge in [0.1, 0.15) is 0 Å². The highest BCUT2D eigenvalue weighted by Gasteiger charge is 1.83. The van der Waals surface area contributed by atoms with Crippen LogP contribution in [-0.4, -0.2) is 54.9 Å². The van der Waals surface area contributed by atoms with Gasteiger partial charge in [0.2, 0.25) is 0 Å². The summed E-state index contributed by atoms with van der Waals surface area (Å²) in [5.41, 5.74) is 0. The fourth-order valence-corrected chi connectivity index (χ4v) is 0.840. The number of hydrogen-bond donors (Lipinski definition) is 0. The van der Waals surface area contributed by atoms with E-state index in [1.807, 2.05) is 0 Å². The number of methoxy groups -OCH3 is 4. The van der Waals surface area contributed by atoms with Gasteiger partial charge in [-0.15, -0.1) is 0 Å². The molecule has 4 heteroatoms. The van der Waals surface area contributed by atoms with Crippen molar-refractivity contribution in [1.82, 2.24) is 0 Å². The summed E-state index contributed by atoms with van der Waals surface area (Å²) in [6.45, 7) is 3.30. The van der Waals surface area contributed by atoms with Crippen LogP contribution in [0.1, 0.15) is 19.3 Å². The molecule has 0 saturated carbocycles. The third-order valence-corrected chi connectivity index (χ3v) is 1.64. The van der Waals surface area contributed by atoms with Gasteiger partial charge >= 0.3 is 0 Å². The smallest absolute Gasteiger partial charge is 0.0484 e. The molecule has 0 aliphatic carbocycles. The minimum absolute atomic E-state index is 0.799. The van der Waals surface area contributed by atoms with E-state index in [1.54, 1.807) is 28.4 Å². The molecule has 0 aromatic rings. The fraction of sp³-hybridized carbons (Fsp3) is 1.00. The Morgan fingerprint density at radius 1 is 0.467 bits per heavy atom. The summed E-state index contributed by atoms with van der Waals surface area (Å²) in [4.78, 5) is 0. The zero-order valence-corrected chi connectivity index (χ0v) is 10.6. The lowest BCUT2D eigenvalue weighted by atomic mass is 10.3. The Morgan fingerprint density at radius 3 is 1.00 bits per heavy atom. The standard InChI is InChI=1S/C6H14O2.C5H12O2/c1-7-5-3-4-6-8-2;1-6-4-3-5-7-2/h3-6H2,1-2H3;3-5H2,1-2H3. The van der Waals surface area contributed by atoms with Gasteiger partial charge in [-0.3, -0.25) is 0 Å². The van der Waals surface area contributed by atoms with Crippen LogP contribution in [0.3, 0.4) is 0 Å². The molecule has 0 unspecified atom stereocenters. The van der Waals surface area contributed by atoms with Crippen molar-refractivity contribution in [2.24, 2.45) is 0 Å². The molecule has 0 aromatic heterocycles. The predicted molar refractivity (Wildman–Crippen MR) is 61.4 cm³/mol. The van der Waals surface area contributed by atoms with Crippen LogP contribution in [0.15, 0.2) is 0 Å². The third-order valence-electron chi connectivity index (χ3n) is 1.64. The summed E-state index contributed by atoms with van der Waals surface area (Å²) in [5.74, 6) is 0. The normalized spacial score (nSPS) is 9.60. The lowest BCUT2D eigenvalue weighted by Crippen LogP contribution is -1.94. The summed E-state index contributed by atoms with van der Waals surface area (Å²) in [7, 11) is 6.81. The van der Waals surface area contributed by atoms with E-state index in [0.29, 0.717) is 0 Å². The zero-order chi connectivity index (χ0) is 11.8. The third kappa shape index (κ3) is 24.8. The largest absolute Gasteiger partial charge is 0.385 e. The molecule has 15 heavy (non-hydrogen) atoms. The van der Waals surface area contributed by atoms with E-state index in [4.69, 9.17) is 18.9 Å². The van der Waals surface area contributed by atoms with Gasteiger partial charge in [-0.05, 0) is 19.3 Å². The Hall–Kier alpha value is -0.160. The van der Waals surface area contributed by atoms with E-state index in [9.17, 15) is 0 Å². The lowest BCUT2D eigenvalue weighted by Gasteiger charge is -1.96. The molecule has 4 nitrogen and oxygen atoms in total. The molecule has 0 aliphatic heterocycles. The molecule has 94 valence electrons. The predicted octanol–water partition coefficient (Wildman–Crippen LogP) is 1.73. The Bertz CT molecular complexity index is 78.7. The Balaban J connectivity index is 0. The molecule has 0 N–H and O–H groups in total. The molecular formula is C11H26O4. The summed E-state index contributed by atoms with van der Waals surface area (Å²) >= 11 is 0. The average Bonchev–Trinajstić information content (AvgIpc) is 2.26. The van der Waals surface area contributed by atoms with E-state index in [-0.39, 0.29) is 0 Å². The summed E-state index contributed by atoms with van der Waals surface area (Å²) in [6.07, 6.45) is 3.20. The van der Waals surface area contributed by atoms with Crippen LogP contribution in [0.4, 0.5) is 0 Å². The summed E-state index contributed by atoms with van der Waals surface area (Å²) < 4.78 is 19.2. The van der Waals surface area contributed by atoms with Gasteiger partial charge < -0.3 is 18.9 Å². The van der Waals surface area contributed by atoms with Crippen LogP contribution in [0.5, 0.6) is 0 Å². The van der Waals surface area contributed by atoms with Crippen LogP contribution >= 0.6 is 0 Å². The van der Waals surface area contributed by atoms with Crippen LogP contribution in [0, 0.1) is 0 Å². The van der Waals surface area contributed by atoms with E-state index in [2.05, 4.69) is 0 Å². The van der Waals surface area contributed by atoms with Crippen LogP contribution in [0.2, 0.25) is 0 Å². The second-order valence-electron chi connectivity index (χ2n) is 3.03. The van der Waals surface area contributed by atoms with E-state index in [0.717, 1.165) is 45.7 Å². The quantitative estimate of drug-likeness (QED) is 0.557. The van der Waals surface area contributed by atoms with Crippen LogP contribution in [-0.2, 0) is 18.9 Å². The minimum atomic E-state index is 0.799. The van der Waals surface area contributed by atoms with E-state index < -0.39 is 0 Å². The number of hydrogen-bond acceptors (Lipinski definition) is 4. The van der Waals surface area contributed by atoms with Crippen molar-refractivity contribution in [3.05, 3.63) is 0 Å². The number of unbranched alkanes of at least 4 members (excludes halogenated alkanes) is 1. The SMILES string of the molecule is COCCCCOC.COCCCOC. The van der Waals surface area contributed by atoms with Crippen molar-refractivity contribution in [3.8, 4) is 0 Å². The second kappa shape index (κ2) is 19.4.